The van der Waals surface area contributed by atoms with E-state index in [0.29, 0.717) is 24.6 Å². The van der Waals surface area contributed by atoms with Crippen LogP contribution in [0.3, 0.4) is 0 Å². The molecule has 4 atom stereocenters. The SMILES string of the molecule is CCCP(C)(=O)[O-].CCCP(C)(=O)[O-].CCCP(C)(=O)[O-].CCCP(C)(=O)[O-].[Ti+4]. The predicted molar refractivity (Wildman–Crippen MR) is 115 cm³/mol. The molecule has 0 aromatic carbocycles. The summed E-state index contributed by atoms with van der Waals surface area (Å²) in [5.41, 5.74) is 0. The zero-order chi connectivity index (χ0) is 23.7. The van der Waals surface area contributed by atoms with Crippen molar-refractivity contribution in [2.45, 2.75) is 53.4 Å². The van der Waals surface area contributed by atoms with Gasteiger partial charge in [0.15, 0.2) is 0 Å². The second kappa shape index (κ2) is 21.3. The summed E-state index contributed by atoms with van der Waals surface area (Å²) in [6.45, 7) is 12.5. The molecule has 0 radical (unpaired) electrons. The summed E-state index contributed by atoms with van der Waals surface area (Å²) in [4.78, 5) is 41.0. The molecular weight excluding hydrogens is 492 g/mol. The first-order chi connectivity index (χ1) is 12.2. The number of hydrogen-bond acceptors (Lipinski definition) is 8. The van der Waals surface area contributed by atoms with Gasteiger partial charge in [0.2, 0.25) is 0 Å². The van der Waals surface area contributed by atoms with Crippen molar-refractivity contribution in [2.24, 2.45) is 0 Å². The van der Waals surface area contributed by atoms with E-state index in [9.17, 15) is 37.8 Å². The van der Waals surface area contributed by atoms with E-state index in [4.69, 9.17) is 0 Å². The van der Waals surface area contributed by atoms with Gasteiger partial charge in [0.25, 0.3) is 0 Å². The first-order valence-electron chi connectivity index (χ1n) is 9.34. The molecule has 0 N–H and O–H groups in total. The Morgan fingerprint density at radius 3 is 0.552 bits per heavy atom. The van der Waals surface area contributed by atoms with Gasteiger partial charge in [-0.05, 0) is 51.3 Å². The Balaban J connectivity index is -0.0000000873. The van der Waals surface area contributed by atoms with E-state index < -0.39 is 29.5 Å². The van der Waals surface area contributed by atoms with Crippen molar-refractivity contribution in [3.05, 3.63) is 0 Å². The zero-order valence-corrected chi connectivity index (χ0v) is 24.4. The van der Waals surface area contributed by atoms with Crippen LogP contribution in [-0.4, -0.2) is 51.3 Å². The van der Waals surface area contributed by atoms with Crippen molar-refractivity contribution in [2.75, 3.05) is 51.3 Å². The van der Waals surface area contributed by atoms with Crippen molar-refractivity contribution in [3.63, 3.8) is 0 Å². The van der Waals surface area contributed by atoms with E-state index in [1.54, 1.807) is 0 Å². The largest absolute Gasteiger partial charge is 4.00 e. The van der Waals surface area contributed by atoms with Crippen LogP contribution >= 0.6 is 29.5 Å². The summed E-state index contributed by atoms with van der Waals surface area (Å²) in [5, 5.41) is 0. The Morgan fingerprint density at radius 2 is 0.552 bits per heavy atom. The maximum Gasteiger partial charge on any atom is 4.00 e. The molecule has 0 aromatic heterocycles. The molecule has 13 heteroatoms. The molecular formula is C16H40O8P4Ti. The summed E-state index contributed by atoms with van der Waals surface area (Å²) < 4.78 is 41.0. The molecule has 0 rings (SSSR count). The van der Waals surface area contributed by atoms with E-state index in [0.717, 1.165) is 25.7 Å². The van der Waals surface area contributed by atoms with Gasteiger partial charge in [-0.15, -0.1) is 0 Å². The molecule has 0 saturated heterocycles. The second-order valence-corrected chi connectivity index (χ2v) is 16.9. The average Bonchev–Trinajstić information content (AvgIpc) is 2.34. The summed E-state index contributed by atoms with van der Waals surface area (Å²) in [6, 6.07) is 0. The molecule has 0 aromatic rings. The summed E-state index contributed by atoms with van der Waals surface area (Å²) >= 11 is 0. The Labute approximate surface area is 193 Å². The Kier molecular flexibility index (Phi) is 30.0. The minimum Gasteiger partial charge on any atom is -0.799 e. The third kappa shape index (κ3) is 72.9. The van der Waals surface area contributed by atoms with Gasteiger partial charge in [-0.3, -0.25) is 0 Å². The quantitative estimate of drug-likeness (QED) is 0.341. The zero-order valence-electron chi connectivity index (χ0n) is 19.2. The third-order valence-corrected chi connectivity index (χ3v) is 7.56. The van der Waals surface area contributed by atoms with Crippen LogP contribution < -0.4 is 19.6 Å². The Morgan fingerprint density at radius 1 is 0.448 bits per heavy atom. The smallest absolute Gasteiger partial charge is 0.799 e. The maximum absolute atomic E-state index is 10.3. The fraction of sp³-hybridized carbons (Fsp3) is 1.00. The minimum absolute atomic E-state index is 0. The standard InChI is InChI=1S/4C4H11O2P.Ti/c4*1-3-4-7(2,5)6;/h4*3-4H2,1-2H3,(H,5,6);/q;;;;+4/p-4. The van der Waals surface area contributed by atoms with Crippen LogP contribution in [0, 0.1) is 0 Å². The summed E-state index contributed by atoms with van der Waals surface area (Å²) in [7, 11) is -11.7. The van der Waals surface area contributed by atoms with Crippen molar-refractivity contribution >= 4 is 29.5 Å². The molecule has 0 aliphatic rings. The predicted octanol–water partition coefficient (Wildman–Crippen LogP) is 2.66. The van der Waals surface area contributed by atoms with E-state index in [1.165, 1.54) is 26.7 Å². The van der Waals surface area contributed by atoms with E-state index >= 15 is 0 Å². The normalized spacial score (nSPS) is 18.1. The van der Waals surface area contributed by atoms with Gasteiger partial charge in [0.05, 0.1) is 0 Å². The molecule has 0 aliphatic heterocycles. The number of hydrogen-bond donors (Lipinski definition) is 0. The second-order valence-electron chi connectivity index (χ2n) is 6.95. The molecule has 0 saturated carbocycles. The van der Waals surface area contributed by atoms with Crippen molar-refractivity contribution in [1.29, 1.82) is 0 Å². The van der Waals surface area contributed by atoms with Crippen molar-refractivity contribution in [3.8, 4) is 0 Å². The van der Waals surface area contributed by atoms with Crippen LogP contribution in [0.15, 0.2) is 0 Å². The van der Waals surface area contributed by atoms with Gasteiger partial charge in [0, 0.05) is 29.5 Å². The van der Waals surface area contributed by atoms with Gasteiger partial charge < -0.3 is 37.8 Å². The molecule has 4 unspecified atom stereocenters. The molecule has 29 heavy (non-hydrogen) atoms. The fourth-order valence-electron chi connectivity index (χ4n) is 1.62. The molecule has 176 valence electrons. The van der Waals surface area contributed by atoms with Crippen LogP contribution in [0.4, 0.5) is 0 Å². The molecule has 0 heterocycles. The van der Waals surface area contributed by atoms with E-state index in [-0.39, 0.29) is 21.7 Å². The summed E-state index contributed by atoms with van der Waals surface area (Å²) in [5.74, 6) is 0. The van der Waals surface area contributed by atoms with Crippen LogP contribution in [0.2, 0.25) is 0 Å². The van der Waals surface area contributed by atoms with Crippen molar-refractivity contribution < 1.29 is 59.6 Å². The topological polar surface area (TPSA) is 161 Å². The fourth-order valence-corrected chi connectivity index (χ4v) is 4.87. The first kappa shape index (κ1) is 40.8. The van der Waals surface area contributed by atoms with Gasteiger partial charge in [0.1, 0.15) is 0 Å². The molecule has 0 aliphatic carbocycles. The third-order valence-electron chi connectivity index (χ3n) is 2.52. The molecule has 8 nitrogen and oxygen atoms in total. The van der Waals surface area contributed by atoms with Crippen molar-refractivity contribution in [1.82, 2.24) is 0 Å². The first-order valence-corrected chi connectivity index (χ1v) is 18.4. The molecule has 0 fully saturated rings. The van der Waals surface area contributed by atoms with Gasteiger partial charge >= 0.3 is 21.7 Å². The number of rotatable bonds is 8. The minimum atomic E-state index is -2.92. The van der Waals surface area contributed by atoms with Crippen LogP contribution in [0.5, 0.6) is 0 Å². The van der Waals surface area contributed by atoms with Gasteiger partial charge in [-0.1, -0.05) is 53.4 Å². The van der Waals surface area contributed by atoms with Crippen LogP contribution in [0.1, 0.15) is 53.4 Å². The summed E-state index contributed by atoms with van der Waals surface area (Å²) in [6.07, 6.45) is 4.29. The van der Waals surface area contributed by atoms with E-state index in [2.05, 4.69) is 0 Å². The molecule has 0 amide bonds. The Hall–Kier alpha value is 1.47. The monoisotopic (exact) mass is 532 g/mol. The molecule has 0 spiro atoms. The van der Waals surface area contributed by atoms with Gasteiger partial charge in [-0.25, -0.2) is 0 Å². The van der Waals surface area contributed by atoms with Crippen LogP contribution in [-0.2, 0) is 40.0 Å². The average molecular weight is 532 g/mol. The van der Waals surface area contributed by atoms with Gasteiger partial charge in [-0.2, -0.15) is 0 Å². The Bertz CT molecular complexity index is 437. The van der Waals surface area contributed by atoms with E-state index in [1.807, 2.05) is 27.7 Å². The van der Waals surface area contributed by atoms with Crippen LogP contribution in [0.25, 0.3) is 0 Å². The molecule has 0 bridgehead atoms. The maximum atomic E-state index is 10.3.